The summed E-state index contributed by atoms with van der Waals surface area (Å²) in [5.41, 5.74) is 1.12. The number of fused-ring (bicyclic) bond motifs is 1. The summed E-state index contributed by atoms with van der Waals surface area (Å²) in [6, 6.07) is 9.54. The van der Waals surface area contributed by atoms with Crippen LogP contribution in [-0.2, 0) is 14.3 Å². The minimum Gasteiger partial charge on any atom is -0.463 e. The maximum absolute atomic E-state index is 13.5. The second-order valence-corrected chi connectivity index (χ2v) is 8.42. The molecule has 0 saturated heterocycles. The summed E-state index contributed by atoms with van der Waals surface area (Å²) < 4.78 is 17.9. The maximum Gasteiger partial charge on any atom is 0.338 e. The zero-order chi connectivity index (χ0) is 23.7. The smallest absolute Gasteiger partial charge is 0.338 e. The number of rotatable bonds is 5. The molecule has 3 heterocycles. The highest BCUT2D eigenvalue weighted by molar-refractivity contribution is 7.07. The average Bonchev–Trinajstić information content (AvgIpc) is 3.30. The van der Waals surface area contributed by atoms with Crippen LogP contribution in [0.25, 0.3) is 6.08 Å². The minimum atomic E-state index is -0.743. The highest BCUT2D eigenvalue weighted by Crippen LogP contribution is 2.31. The van der Waals surface area contributed by atoms with Gasteiger partial charge in [0.05, 0.1) is 28.5 Å². The first kappa shape index (κ1) is 22.5. The van der Waals surface area contributed by atoms with E-state index in [9.17, 15) is 14.4 Å². The summed E-state index contributed by atoms with van der Waals surface area (Å²) in [4.78, 5) is 42.6. The number of thiazole rings is 1. The van der Waals surface area contributed by atoms with E-state index in [2.05, 4.69) is 4.99 Å². The number of hydrogen-bond donors (Lipinski definition) is 0. The zero-order valence-corrected chi connectivity index (χ0v) is 19.4. The lowest BCUT2D eigenvalue weighted by Gasteiger charge is -2.24. The molecule has 170 valence electrons. The van der Waals surface area contributed by atoms with Crippen LogP contribution in [0.2, 0.25) is 0 Å². The number of aromatic nitrogens is 1. The van der Waals surface area contributed by atoms with Crippen molar-refractivity contribution in [2.75, 3.05) is 6.61 Å². The molecule has 4 rings (SSSR count). The Hall–Kier alpha value is -3.72. The van der Waals surface area contributed by atoms with E-state index in [-0.39, 0.29) is 17.7 Å². The van der Waals surface area contributed by atoms with Gasteiger partial charge in [-0.1, -0.05) is 23.5 Å². The van der Waals surface area contributed by atoms with Gasteiger partial charge in [-0.2, -0.15) is 0 Å². The van der Waals surface area contributed by atoms with Crippen LogP contribution in [0.4, 0.5) is 0 Å². The molecule has 0 amide bonds. The van der Waals surface area contributed by atoms with Gasteiger partial charge in [-0.05, 0) is 50.6 Å². The summed E-state index contributed by atoms with van der Waals surface area (Å²) in [6.45, 7) is 6.78. The Morgan fingerprint density at radius 1 is 1.18 bits per heavy atom. The molecular formula is C24H22N2O6S. The van der Waals surface area contributed by atoms with Crippen molar-refractivity contribution in [3.8, 4) is 5.75 Å². The zero-order valence-electron chi connectivity index (χ0n) is 18.6. The number of carbonyl (C=O) groups excluding carboxylic acids is 2. The topological polar surface area (TPSA) is 100 Å². The van der Waals surface area contributed by atoms with Crippen molar-refractivity contribution in [3.05, 3.63) is 84.4 Å². The van der Waals surface area contributed by atoms with E-state index in [1.165, 1.54) is 22.8 Å². The minimum absolute atomic E-state index is 0.190. The quantitative estimate of drug-likeness (QED) is 0.423. The van der Waals surface area contributed by atoms with Crippen LogP contribution in [0.3, 0.4) is 0 Å². The lowest BCUT2D eigenvalue weighted by Crippen LogP contribution is -2.39. The summed E-state index contributed by atoms with van der Waals surface area (Å²) in [5, 5.41) is 0. The summed E-state index contributed by atoms with van der Waals surface area (Å²) in [7, 11) is 0. The summed E-state index contributed by atoms with van der Waals surface area (Å²) in [6.07, 6.45) is 1.67. The average molecular weight is 467 g/mol. The second-order valence-electron chi connectivity index (χ2n) is 7.41. The van der Waals surface area contributed by atoms with Crippen LogP contribution < -0.4 is 19.6 Å². The highest BCUT2D eigenvalue weighted by atomic mass is 32.1. The molecule has 1 aromatic carbocycles. The first-order valence-electron chi connectivity index (χ1n) is 10.3. The van der Waals surface area contributed by atoms with E-state index < -0.39 is 18.0 Å². The number of carbonyl (C=O) groups is 2. The standard InChI is InChI=1S/C24H22N2O6S/c1-5-30-23(29)20-14(3)25-24-26(21(20)16-7-10-17(11-8-16)32-15(4)27)22(28)19(33-24)12-18-9-6-13(2)31-18/h6-12,21H,5H2,1-4H3/b19-12-. The van der Waals surface area contributed by atoms with E-state index in [1.807, 2.05) is 13.0 Å². The first-order chi connectivity index (χ1) is 15.8. The summed E-state index contributed by atoms with van der Waals surface area (Å²) >= 11 is 1.22. The van der Waals surface area contributed by atoms with Crippen LogP contribution in [0, 0.1) is 6.92 Å². The molecule has 8 nitrogen and oxygen atoms in total. The largest absolute Gasteiger partial charge is 0.463 e. The van der Waals surface area contributed by atoms with Gasteiger partial charge in [-0.25, -0.2) is 9.79 Å². The van der Waals surface area contributed by atoms with Crippen molar-refractivity contribution >= 4 is 29.4 Å². The van der Waals surface area contributed by atoms with E-state index in [4.69, 9.17) is 13.9 Å². The van der Waals surface area contributed by atoms with Crippen molar-refractivity contribution in [1.82, 2.24) is 4.57 Å². The Bertz CT molecular complexity index is 1440. The number of hydrogen-bond acceptors (Lipinski definition) is 8. The van der Waals surface area contributed by atoms with Gasteiger partial charge in [0.2, 0.25) is 0 Å². The Labute approximate surface area is 193 Å². The molecule has 1 aliphatic rings. The van der Waals surface area contributed by atoms with Crippen LogP contribution in [0.15, 0.2) is 61.9 Å². The van der Waals surface area contributed by atoms with Crippen LogP contribution in [-0.4, -0.2) is 23.1 Å². The molecule has 0 fully saturated rings. The van der Waals surface area contributed by atoms with Gasteiger partial charge in [0.15, 0.2) is 4.80 Å². The molecule has 33 heavy (non-hydrogen) atoms. The molecule has 1 atom stereocenters. The molecule has 0 radical (unpaired) electrons. The van der Waals surface area contributed by atoms with Crippen LogP contribution >= 0.6 is 11.3 Å². The fourth-order valence-corrected chi connectivity index (χ4v) is 4.68. The Kier molecular flexibility index (Phi) is 6.15. The maximum atomic E-state index is 13.5. The SMILES string of the molecule is CCOC(=O)C1=C(C)N=c2s/c(=C\c3ccc(C)o3)c(=O)n2C1c1ccc(OC(C)=O)cc1. The Morgan fingerprint density at radius 3 is 2.52 bits per heavy atom. The van der Waals surface area contributed by atoms with Crippen molar-refractivity contribution < 1.29 is 23.5 Å². The Morgan fingerprint density at radius 2 is 1.91 bits per heavy atom. The van der Waals surface area contributed by atoms with E-state index >= 15 is 0 Å². The molecule has 2 aromatic heterocycles. The lowest BCUT2D eigenvalue weighted by atomic mass is 9.96. The number of nitrogens with zero attached hydrogens (tertiary/aromatic N) is 2. The molecule has 3 aromatic rings. The predicted octanol–water partition coefficient (Wildman–Crippen LogP) is 2.63. The summed E-state index contributed by atoms with van der Waals surface area (Å²) in [5.74, 6) is 0.683. The monoisotopic (exact) mass is 466 g/mol. The number of allylic oxidation sites excluding steroid dienone is 1. The van der Waals surface area contributed by atoms with Crippen molar-refractivity contribution in [2.45, 2.75) is 33.7 Å². The Balaban J connectivity index is 1.90. The molecule has 0 spiro atoms. The van der Waals surface area contributed by atoms with Crippen molar-refractivity contribution in [3.63, 3.8) is 0 Å². The third-order valence-electron chi connectivity index (χ3n) is 5.01. The first-order valence-corrected chi connectivity index (χ1v) is 11.1. The fraction of sp³-hybridized carbons (Fsp3) is 0.250. The third kappa shape index (κ3) is 4.45. The molecule has 1 unspecified atom stereocenters. The molecule has 1 aliphatic heterocycles. The highest BCUT2D eigenvalue weighted by Gasteiger charge is 2.33. The molecule has 0 N–H and O–H groups in total. The normalized spacial score (nSPS) is 15.8. The van der Waals surface area contributed by atoms with Crippen LogP contribution in [0.5, 0.6) is 5.75 Å². The lowest BCUT2D eigenvalue weighted by molar-refractivity contribution is -0.139. The van der Waals surface area contributed by atoms with Crippen molar-refractivity contribution in [1.29, 1.82) is 0 Å². The molecular weight excluding hydrogens is 444 g/mol. The van der Waals surface area contributed by atoms with Gasteiger partial charge >= 0.3 is 11.9 Å². The van der Waals surface area contributed by atoms with E-state index in [0.29, 0.717) is 32.1 Å². The van der Waals surface area contributed by atoms with E-state index in [1.54, 1.807) is 50.3 Å². The predicted molar refractivity (Wildman–Crippen MR) is 122 cm³/mol. The molecule has 0 bridgehead atoms. The van der Waals surface area contributed by atoms with E-state index in [0.717, 1.165) is 5.76 Å². The van der Waals surface area contributed by atoms with Gasteiger partial charge in [-0.15, -0.1) is 0 Å². The van der Waals surface area contributed by atoms with Crippen LogP contribution in [0.1, 0.15) is 43.9 Å². The number of furan rings is 1. The van der Waals surface area contributed by atoms with Gasteiger partial charge in [0, 0.05) is 13.0 Å². The van der Waals surface area contributed by atoms with Gasteiger partial charge < -0.3 is 13.9 Å². The second kappa shape index (κ2) is 9.03. The number of ether oxygens (including phenoxy) is 2. The third-order valence-corrected chi connectivity index (χ3v) is 5.99. The molecule has 0 aliphatic carbocycles. The van der Waals surface area contributed by atoms with Gasteiger partial charge in [-0.3, -0.25) is 14.2 Å². The van der Waals surface area contributed by atoms with Gasteiger partial charge in [0.25, 0.3) is 5.56 Å². The number of aryl methyl sites for hydroxylation is 1. The van der Waals surface area contributed by atoms with Crippen molar-refractivity contribution in [2.24, 2.45) is 4.99 Å². The molecule has 0 saturated carbocycles. The fourth-order valence-electron chi connectivity index (χ4n) is 3.65. The number of benzene rings is 1. The molecule has 9 heteroatoms. The number of esters is 2. The van der Waals surface area contributed by atoms with Gasteiger partial charge in [0.1, 0.15) is 17.3 Å².